The summed E-state index contributed by atoms with van der Waals surface area (Å²) < 4.78 is 0.623. The van der Waals surface area contributed by atoms with Gasteiger partial charge in [0.2, 0.25) is 0 Å². The standard InChI is InChI=1S/C16H15BrN6/c1-22-8-13-11(6-19)14(12(7-20)16(21)23-13)10-4-2-3-9(5-18)15(10)17/h2-4,7,14,22H,8,20H2,1H3,(H2,21,23)/b12-7-. The number of rotatable bonds is 3. The fraction of sp³-hybridized carbons (Fsp3) is 0.188. The van der Waals surface area contributed by atoms with Crippen molar-refractivity contribution in [2.75, 3.05) is 13.6 Å². The minimum Gasteiger partial charge on any atom is -0.404 e. The quantitative estimate of drug-likeness (QED) is 0.745. The molecule has 1 aliphatic heterocycles. The van der Waals surface area contributed by atoms with Crippen molar-refractivity contribution in [1.82, 2.24) is 5.32 Å². The van der Waals surface area contributed by atoms with Gasteiger partial charge in [0.1, 0.15) is 11.9 Å². The van der Waals surface area contributed by atoms with Crippen molar-refractivity contribution in [1.29, 1.82) is 10.5 Å². The maximum absolute atomic E-state index is 9.64. The highest BCUT2D eigenvalue weighted by Gasteiger charge is 2.32. The summed E-state index contributed by atoms with van der Waals surface area (Å²) in [5, 5.41) is 21.8. The average Bonchev–Trinajstić information content (AvgIpc) is 2.55. The average molecular weight is 371 g/mol. The molecule has 1 aromatic carbocycles. The molecule has 0 amide bonds. The zero-order chi connectivity index (χ0) is 17.0. The van der Waals surface area contributed by atoms with Gasteiger partial charge in [-0.05, 0) is 34.6 Å². The number of nitriles is 2. The van der Waals surface area contributed by atoms with Gasteiger partial charge in [-0.25, -0.2) is 4.99 Å². The van der Waals surface area contributed by atoms with Crippen LogP contribution in [0.2, 0.25) is 0 Å². The van der Waals surface area contributed by atoms with E-state index in [0.717, 1.165) is 5.56 Å². The van der Waals surface area contributed by atoms with Gasteiger partial charge in [-0.15, -0.1) is 0 Å². The number of nitrogens with two attached hydrogens (primary N) is 2. The van der Waals surface area contributed by atoms with Crippen LogP contribution in [0.25, 0.3) is 0 Å². The molecule has 1 aromatic rings. The summed E-state index contributed by atoms with van der Waals surface area (Å²) in [4.78, 5) is 4.28. The summed E-state index contributed by atoms with van der Waals surface area (Å²) in [6.45, 7) is 0.410. The number of nitrogens with zero attached hydrogens (tertiary/aromatic N) is 3. The van der Waals surface area contributed by atoms with Crippen molar-refractivity contribution in [3.8, 4) is 12.1 Å². The summed E-state index contributed by atoms with van der Waals surface area (Å²) >= 11 is 3.45. The highest BCUT2D eigenvalue weighted by molar-refractivity contribution is 9.10. The van der Waals surface area contributed by atoms with Gasteiger partial charge < -0.3 is 16.8 Å². The number of amidine groups is 1. The summed E-state index contributed by atoms with van der Waals surface area (Å²) in [5.74, 6) is -0.190. The lowest BCUT2D eigenvalue weighted by atomic mass is 9.81. The van der Waals surface area contributed by atoms with Crippen LogP contribution in [0.4, 0.5) is 0 Å². The van der Waals surface area contributed by atoms with E-state index in [9.17, 15) is 10.5 Å². The van der Waals surface area contributed by atoms with E-state index >= 15 is 0 Å². The monoisotopic (exact) mass is 370 g/mol. The molecule has 0 spiro atoms. The topological polar surface area (TPSA) is 124 Å². The van der Waals surface area contributed by atoms with E-state index < -0.39 is 5.92 Å². The molecule has 116 valence electrons. The summed E-state index contributed by atoms with van der Waals surface area (Å²) in [7, 11) is 1.77. The molecule has 1 heterocycles. The van der Waals surface area contributed by atoms with Crippen LogP contribution in [-0.4, -0.2) is 19.4 Å². The van der Waals surface area contributed by atoms with E-state index in [1.807, 2.05) is 6.07 Å². The van der Waals surface area contributed by atoms with E-state index in [2.05, 4.69) is 38.4 Å². The highest BCUT2D eigenvalue weighted by Crippen LogP contribution is 2.40. The maximum Gasteiger partial charge on any atom is 0.129 e. The first-order valence-corrected chi connectivity index (χ1v) is 7.60. The molecule has 7 heteroatoms. The van der Waals surface area contributed by atoms with Gasteiger partial charge in [0.15, 0.2) is 0 Å². The van der Waals surface area contributed by atoms with Crippen LogP contribution < -0.4 is 16.8 Å². The van der Waals surface area contributed by atoms with Crippen molar-refractivity contribution in [3.05, 3.63) is 56.8 Å². The number of allylic oxidation sites excluding steroid dienone is 1. The molecule has 1 unspecified atom stereocenters. The molecule has 6 nitrogen and oxygen atoms in total. The van der Waals surface area contributed by atoms with E-state index in [-0.39, 0.29) is 5.84 Å². The Morgan fingerprint density at radius 2 is 2.13 bits per heavy atom. The SMILES string of the molecule is CNCC1=C(C#N)C(c2cccc(C#N)c2Br)/C(=C/N)C(N)=N1. The second-order valence-corrected chi connectivity index (χ2v) is 5.67. The molecule has 0 aromatic heterocycles. The first kappa shape index (κ1) is 16.8. The van der Waals surface area contributed by atoms with Crippen molar-refractivity contribution in [2.45, 2.75) is 5.92 Å². The Bertz CT molecular complexity index is 807. The Kier molecular flexibility index (Phi) is 5.17. The molecule has 1 aliphatic rings. The minimum absolute atomic E-state index is 0.274. The molecule has 23 heavy (non-hydrogen) atoms. The Labute approximate surface area is 142 Å². The largest absolute Gasteiger partial charge is 0.404 e. The lowest BCUT2D eigenvalue weighted by Crippen LogP contribution is -2.29. The molecule has 0 aliphatic carbocycles. The maximum atomic E-state index is 9.64. The van der Waals surface area contributed by atoms with Gasteiger partial charge in [-0.1, -0.05) is 12.1 Å². The van der Waals surface area contributed by atoms with Gasteiger partial charge in [0, 0.05) is 22.8 Å². The number of hydrogen-bond acceptors (Lipinski definition) is 6. The first-order valence-electron chi connectivity index (χ1n) is 6.81. The van der Waals surface area contributed by atoms with Crippen molar-refractivity contribution >= 4 is 21.8 Å². The third-order valence-electron chi connectivity index (χ3n) is 3.57. The summed E-state index contributed by atoms with van der Waals surface area (Å²) in [6.07, 6.45) is 1.36. The molecular weight excluding hydrogens is 356 g/mol. The van der Waals surface area contributed by atoms with Crippen molar-refractivity contribution in [2.24, 2.45) is 16.5 Å². The fourth-order valence-electron chi connectivity index (χ4n) is 2.54. The van der Waals surface area contributed by atoms with E-state index in [4.69, 9.17) is 11.5 Å². The number of nitrogens with one attached hydrogen (secondary N) is 1. The van der Waals surface area contributed by atoms with Gasteiger partial charge >= 0.3 is 0 Å². The number of benzene rings is 1. The Morgan fingerprint density at radius 3 is 2.70 bits per heavy atom. The van der Waals surface area contributed by atoms with Gasteiger partial charge in [0.05, 0.1) is 28.8 Å². The molecular formula is C16H15BrN6. The van der Waals surface area contributed by atoms with Crippen LogP contribution >= 0.6 is 15.9 Å². The normalized spacial score (nSPS) is 19.2. The molecule has 1 atom stereocenters. The number of halogens is 1. The molecule has 0 saturated carbocycles. The predicted molar refractivity (Wildman–Crippen MR) is 92.1 cm³/mol. The molecule has 5 N–H and O–H groups in total. The summed E-state index contributed by atoms with van der Waals surface area (Å²) in [6, 6.07) is 9.63. The van der Waals surface area contributed by atoms with Crippen LogP contribution in [0.3, 0.4) is 0 Å². The molecule has 0 fully saturated rings. The van der Waals surface area contributed by atoms with E-state index in [1.54, 1.807) is 19.2 Å². The van der Waals surface area contributed by atoms with E-state index in [1.165, 1.54) is 6.20 Å². The van der Waals surface area contributed by atoms with Gasteiger partial charge in [-0.3, -0.25) is 0 Å². The van der Waals surface area contributed by atoms with Crippen molar-refractivity contribution in [3.63, 3.8) is 0 Å². The first-order chi connectivity index (χ1) is 11.1. The van der Waals surface area contributed by atoms with Crippen LogP contribution in [-0.2, 0) is 0 Å². The Hall–Kier alpha value is -2.61. The lowest BCUT2D eigenvalue weighted by Gasteiger charge is -2.26. The second kappa shape index (κ2) is 7.10. The number of hydrogen-bond donors (Lipinski definition) is 3. The number of likely N-dealkylation sites (N-methyl/N-ethyl adjacent to an activating group) is 1. The van der Waals surface area contributed by atoms with Crippen molar-refractivity contribution < 1.29 is 0 Å². The van der Waals surface area contributed by atoms with Crippen LogP contribution in [0.1, 0.15) is 17.0 Å². The molecule has 0 saturated heterocycles. The third-order valence-corrected chi connectivity index (χ3v) is 4.45. The highest BCUT2D eigenvalue weighted by atomic mass is 79.9. The van der Waals surface area contributed by atoms with Gasteiger partial charge in [-0.2, -0.15) is 10.5 Å². The number of aliphatic imine (C=N–C) groups is 1. The van der Waals surface area contributed by atoms with Gasteiger partial charge in [0.25, 0.3) is 0 Å². The smallest absolute Gasteiger partial charge is 0.129 e. The van der Waals surface area contributed by atoms with Crippen LogP contribution in [0.15, 0.2) is 50.7 Å². The zero-order valence-electron chi connectivity index (χ0n) is 12.5. The third kappa shape index (κ3) is 2.98. The van der Waals surface area contributed by atoms with Crippen LogP contribution in [0.5, 0.6) is 0 Å². The second-order valence-electron chi connectivity index (χ2n) is 4.88. The molecule has 2 rings (SSSR count). The predicted octanol–water partition coefficient (Wildman–Crippen LogP) is 1.61. The van der Waals surface area contributed by atoms with Crippen LogP contribution in [0, 0.1) is 22.7 Å². The Balaban J connectivity index is 2.74. The molecule has 0 bridgehead atoms. The lowest BCUT2D eigenvalue weighted by molar-refractivity contribution is 0.827. The minimum atomic E-state index is -0.464. The zero-order valence-corrected chi connectivity index (χ0v) is 14.1. The van der Waals surface area contributed by atoms with E-state index in [0.29, 0.717) is 33.4 Å². The fourth-order valence-corrected chi connectivity index (χ4v) is 3.12. The summed E-state index contributed by atoms with van der Waals surface area (Å²) in [5.41, 5.74) is 14.6. The Morgan fingerprint density at radius 1 is 1.39 bits per heavy atom. The molecule has 0 radical (unpaired) electrons.